The Balaban J connectivity index is 2.48. The number of anilines is 2. The van der Waals surface area contributed by atoms with Crippen molar-refractivity contribution in [2.45, 2.75) is 44.6 Å². The Morgan fingerprint density at radius 1 is 1.30 bits per heavy atom. The first kappa shape index (κ1) is 25.6. The zero-order valence-corrected chi connectivity index (χ0v) is 19.5. The highest BCUT2D eigenvalue weighted by molar-refractivity contribution is 7.92. The predicted octanol–water partition coefficient (Wildman–Crippen LogP) is 0.976. The lowest BCUT2D eigenvalue weighted by molar-refractivity contribution is -0.119. The van der Waals surface area contributed by atoms with Gasteiger partial charge in [0.1, 0.15) is 12.0 Å². The number of benzene rings is 1. The molecule has 0 fully saturated rings. The molecule has 0 aliphatic heterocycles. The fraction of sp³-hybridized carbons (Fsp3) is 0.333. The van der Waals surface area contributed by atoms with Crippen LogP contribution in [0.1, 0.15) is 30.9 Å². The molecule has 0 unspecified atom stereocenters. The van der Waals surface area contributed by atoms with Crippen LogP contribution < -0.4 is 26.2 Å². The van der Waals surface area contributed by atoms with E-state index in [1.54, 1.807) is 26.0 Å². The van der Waals surface area contributed by atoms with Crippen LogP contribution in [-0.4, -0.2) is 44.1 Å². The quantitative estimate of drug-likeness (QED) is 0.147. The topological polar surface area (TPSA) is 178 Å². The summed E-state index contributed by atoms with van der Waals surface area (Å²) in [6.07, 6.45) is 2.40. The number of amides is 1. The number of aromatic nitrogens is 1. The van der Waals surface area contributed by atoms with E-state index in [9.17, 15) is 22.8 Å². The lowest BCUT2D eigenvalue weighted by atomic mass is 10.1. The van der Waals surface area contributed by atoms with Crippen LogP contribution in [0.3, 0.4) is 0 Å². The Morgan fingerprint density at radius 3 is 2.61 bits per heavy atom. The molecule has 1 atom stereocenters. The molecule has 0 aliphatic rings. The van der Waals surface area contributed by atoms with Gasteiger partial charge >= 0.3 is 0 Å². The smallest absolute Gasteiger partial charge is 0.274 e. The first-order chi connectivity index (χ1) is 15.5. The number of sulfonamides is 1. The first-order valence-electron chi connectivity index (χ1n) is 10.1. The average Bonchev–Trinajstić information content (AvgIpc) is 2.73. The molecule has 1 amide bonds. The lowest BCUT2D eigenvalue weighted by Crippen LogP contribution is -2.42. The number of nitrogens with one attached hydrogen (secondary N) is 4. The highest BCUT2D eigenvalue weighted by Gasteiger charge is 2.28. The van der Waals surface area contributed by atoms with E-state index in [-0.39, 0.29) is 28.7 Å². The fourth-order valence-electron chi connectivity index (χ4n) is 3.33. The summed E-state index contributed by atoms with van der Waals surface area (Å²) in [7, 11) is -4.18. The van der Waals surface area contributed by atoms with Crippen molar-refractivity contribution < 1.29 is 18.0 Å². The third-order valence-electron chi connectivity index (χ3n) is 4.89. The summed E-state index contributed by atoms with van der Waals surface area (Å²) in [6.45, 7) is 4.89. The molecule has 2 rings (SSSR count). The summed E-state index contributed by atoms with van der Waals surface area (Å²) in [5.74, 6) is -0.775. The third-order valence-corrected chi connectivity index (χ3v) is 6.38. The second-order valence-electron chi connectivity index (χ2n) is 7.52. The molecule has 178 valence electrons. The summed E-state index contributed by atoms with van der Waals surface area (Å²) in [5, 5.41) is 9.78. The van der Waals surface area contributed by atoms with Gasteiger partial charge in [0.05, 0.1) is 16.6 Å². The molecule has 2 aromatic rings. The van der Waals surface area contributed by atoms with E-state index >= 15 is 0 Å². The van der Waals surface area contributed by atoms with Crippen molar-refractivity contribution in [2.24, 2.45) is 5.73 Å². The van der Waals surface area contributed by atoms with E-state index in [4.69, 9.17) is 11.1 Å². The molecule has 1 aromatic carbocycles. The largest absolute Gasteiger partial charge is 0.370 e. The zero-order chi connectivity index (χ0) is 24.8. The Bertz CT molecular complexity index is 1210. The van der Waals surface area contributed by atoms with Gasteiger partial charge in [-0.3, -0.25) is 19.7 Å². The van der Waals surface area contributed by atoms with Crippen LogP contribution in [0.4, 0.5) is 11.4 Å². The van der Waals surface area contributed by atoms with Crippen molar-refractivity contribution in [3.63, 3.8) is 0 Å². The van der Waals surface area contributed by atoms with E-state index in [0.29, 0.717) is 30.4 Å². The lowest BCUT2D eigenvalue weighted by Gasteiger charge is -2.29. The Labute approximate surface area is 191 Å². The fourth-order valence-corrected chi connectivity index (χ4v) is 4.74. The number of carbonyl (C=O) groups excluding carboxylic acids is 2. The predicted molar refractivity (Wildman–Crippen MR) is 126 cm³/mol. The number of hydrogen-bond acceptors (Lipinski definition) is 6. The maximum absolute atomic E-state index is 13.1. The molecular weight excluding hydrogens is 448 g/mol. The van der Waals surface area contributed by atoms with Gasteiger partial charge in [0, 0.05) is 19.7 Å². The van der Waals surface area contributed by atoms with Crippen LogP contribution in [-0.2, 0) is 19.6 Å². The minimum atomic E-state index is -4.18. The van der Waals surface area contributed by atoms with Gasteiger partial charge in [0.2, 0.25) is 5.91 Å². The number of pyridine rings is 1. The molecule has 6 N–H and O–H groups in total. The summed E-state index contributed by atoms with van der Waals surface area (Å²) in [4.78, 5) is 40.4. The van der Waals surface area contributed by atoms with Crippen LogP contribution in [0.15, 0.2) is 40.2 Å². The second-order valence-corrected chi connectivity index (χ2v) is 9.17. The minimum Gasteiger partial charge on any atom is -0.370 e. The van der Waals surface area contributed by atoms with Crippen molar-refractivity contribution in [1.29, 1.82) is 5.41 Å². The van der Waals surface area contributed by atoms with E-state index in [1.165, 1.54) is 25.3 Å². The summed E-state index contributed by atoms with van der Waals surface area (Å²) >= 11 is 0. The monoisotopic (exact) mass is 476 g/mol. The van der Waals surface area contributed by atoms with Crippen molar-refractivity contribution in [1.82, 2.24) is 10.3 Å². The Morgan fingerprint density at radius 2 is 2.00 bits per heavy atom. The van der Waals surface area contributed by atoms with E-state index < -0.39 is 27.5 Å². The van der Waals surface area contributed by atoms with E-state index in [0.717, 1.165) is 4.90 Å². The van der Waals surface area contributed by atoms with Gasteiger partial charge in [-0.1, -0.05) is 12.1 Å². The molecule has 0 radical (unpaired) electrons. The normalized spacial score (nSPS) is 12.0. The van der Waals surface area contributed by atoms with Gasteiger partial charge in [-0.25, -0.2) is 8.42 Å². The van der Waals surface area contributed by atoms with E-state index in [1.807, 2.05) is 0 Å². The zero-order valence-electron chi connectivity index (χ0n) is 18.6. The van der Waals surface area contributed by atoms with Crippen LogP contribution in [0.2, 0.25) is 0 Å². The molecule has 11 nitrogen and oxygen atoms in total. The molecule has 0 saturated carbocycles. The summed E-state index contributed by atoms with van der Waals surface area (Å²) in [5.41, 5.74) is 5.25. The van der Waals surface area contributed by atoms with Gasteiger partial charge < -0.3 is 25.7 Å². The molecule has 1 aromatic heterocycles. The summed E-state index contributed by atoms with van der Waals surface area (Å²) in [6, 6.07) is 5.28. The van der Waals surface area contributed by atoms with Gasteiger partial charge in [-0.2, -0.15) is 0 Å². The molecule has 0 aliphatic carbocycles. The Kier molecular flexibility index (Phi) is 8.35. The number of H-pyrrole nitrogens is 1. The van der Waals surface area contributed by atoms with Crippen LogP contribution in [0, 0.1) is 19.3 Å². The van der Waals surface area contributed by atoms with Crippen molar-refractivity contribution in [3.8, 4) is 0 Å². The number of guanidine groups is 1. The highest BCUT2D eigenvalue weighted by Crippen LogP contribution is 2.28. The van der Waals surface area contributed by atoms with Crippen LogP contribution in [0.5, 0.6) is 0 Å². The maximum atomic E-state index is 13.1. The highest BCUT2D eigenvalue weighted by atomic mass is 32.2. The van der Waals surface area contributed by atoms with Gasteiger partial charge in [-0.15, -0.1) is 0 Å². The van der Waals surface area contributed by atoms with Crippen molar-refractivity contribution in [2.75, 3.05) is 16.2 Å². The molecular formula is C21H28N6O5S. The van der Waals surface area contributed by atoms with Gasteiger partial charge in [0.25, 0.3) is 15.6 Å². The van der Waals surface area contributed by atoms with Crippen molar-refractivity contribution >= 4 is 39.6 Å². The number of rotatable bonds is 10. The SMILES string of the molecule is CC(=O)N(c1cc[nH]c(=O)c1NS(=O)(=O)c1cc(C)ccc1C)[C@H](C=O)CCCNC(=N)N. The number of hydrogen-bond donors (Lipinski definition) is 5. The molecule has 0 saturated heterocycles. The number of aromatic amines is 1. The van der Waals surface area contributed by atoms with Crippen LogP contribution in [0.25, 0.3) is 0 Å². The number of aryl methyl sites for hydroxylation is 2. The number of carbonyl (C=O) groups is 2. The number of aldehydes is 1. The average molecular weight is 477 g/mol. The molecule has 33 heavy (non-hydrogen) atoms. The van der Waals surface area contributed by atoms with Crippen LogP contribution >= 0.6 is 0 Å². The van der Waals surface area contributed by atoms with Gasteiger partial charge in [0.15, 0.2) is 5.96 Å². The minimum absolute atomic E-state index is 0.00618. The number of nitrogens with zero attached hydrogens (tertiary/aromatic N) is 1. The second kappa shape index (κ2) is 10.8. The van der Waals surface area contributed by atoms with E-state index in [2.05, 4.69) is 15.0 Å². The molecule has 0 spiro atoms. The number of nitrogens with two attached hydrogens (primary N) is 1. The Hall–Kier alpha value is -3.67. The maximum Gasteiger partial charge on any atom is 0.274 e. The molecule has 12 heteroatoms. The molecule has 1 heterocycles. The van der Waals surface area contributed by atoms with Crippen molar-refractivity contribution in [3.05, 3.63) is 51.9 Å². The van der Waals surface area contributed by atoms with Gasteiger partial charge in [-0.05, 0) is 49.9 Å². The third kappa shape index (κ3) is 6.42. The summed E-state index contributed by atoms with van der Waals surface area (Å²) < 4.78 is 28.5. The standard InChI is InChI=1S/C21H28N6O5S/c1-13-6-7-14(2)18(11-13)33(31,32)26-19-17(8-10-24-20(19)30)27(15(3)29)16(12-28)5-4-9-25-21(22)23/h6-8,10-12,16,26H,4-5,9H2,1-3H3,(H,24,30)(H4,22,23,25)/t16-/m0/s1. The molecule has 0 bridgehead atoms. The first-order valence-corrected chi connectivity index (χ1v) is 11.6.